The highest BCUT2D eigenvalue weighted by Crippen LogP contribution is 2.39. The van der Waals surface area contributed by atoms with Crippen molar-refractivity contribution in [3.63, 3.8) is 0 Å². The fourth-order valence-electron chi connectivity index (χ4n) is 4.21. The van der Waals surface area contributed by atoms with Crippen molar-refractivity contribution in [2.45, 2.75) is 38.2 Å². The van der Waals surface area contributed by atoms with Gasteiger partial charge in [0.2, 0.25) is 0 Å². The highest BCUT2D eigenvalue weighted by atomic mass is 32.1. The molecule has 2 aromatic heterocycles. The Hall–Kier alpha value is -2.97. The maximum atomic E-state index is 13.0. The Morgan fingerprint density at radius 2 is 2.00 bits per heavy atom. The van der Waals surface area contributed by atoms with Crippen molar-refractivity contribution in [1.82, 2.24) is 5.32 Å². The van der Waals surface area contributed by atoms with E-state index in [2.05, 4.69) is 10.6 Å². The molecule has 0 radical (unpaired) electrons. The molecule has 1 aliphatic heterocycles. The van der Waals surface area contributed by atoms with Crippen LogP contribution in [-0.4, -0.2) is 31.1 Å². The Balaban J connectivity index is 1.41. The first kappa shape index (κ1) is 20.0. The van der Waals surface area contributed by atoms with Crippen LogP contribution in [0.25, 0.3) is 11.0 Å². The lowest BCUT2D eigenvalue weighted by Crippen LogP contribution is -2.32. The number of carbonyl (C=O) groups is 2. The van der Waals surface area contributed by atoms with Gasteiger partial charge < -0.3 is 19.8 Å². The normalized spacial score (nSPS) is 17.6. The van der Waals surface area contributed by atoms with Crippen LogP contribution in [-0.2, 0) is 17.6 Å². The van der Waals surface area contributed by atoms with Gasteiger partial charge in [-0.05, 0) is 49.8 Å². The minimum Gasteiger partial charge on any atom is -0.451 e. The molecule has 160 valence electrons. The van der Waals surface area contributed by atoms with Crippen molar-refractivity contribution in [1.29, 1.82) is 0 Å². The molecule has 1 saturated heterocycles. The fraction of sp³-hybridized carbons (Fsp3) is 0.348. The molecule has 0 spiro atoms. The minimum absolute atomic E-state index is 0.0422. The molecule has 2 N–H and O–H groups in total. The number of hydrogen-bond acceptors (Lipinski definition) is 6. The van der Waals surface area contributed by atoms with E-state index >= 15 is 0 Å². The van der Waals surface area contributed by atoms with E-state index in [1.54, 1.807) is 24.3 Å². The Morgan fingerprint density at radius 1 is 1.13 bits per heavy atom. The Morgan fingerprint density at radius 3 is 2.84 bits per heavy atom. The van der Waals surface area contributed by atoms with Gasteiger partial charge in [0, 0.05) is 24.1 Å². The number of carbonyl (C=O) groups excluding carboxylic acids is 2. The van der Waals surface area contributed by atoms with Gasteiger partial charge in [-0.3, -0.25) is 14.4 Å². The predicted molar refractivity (Wildman–Crippen MR) is 118 cm³/mol. The largest absolute Gasteiger partial charge is 0.451 e. The van der Waals surface area contributed by atoms with Crippen LogP contribution in [0.3, 0.4) is 0 Å². The van der Waals surface area contributed by atoms with Gasteiger partial charge in [-0.2, -0.15) is 0 Å². The number of rotatable bonds is 5. The summed E-state index contributed by atoms with van der Waals surface area (Å²) < 4.78 is 11.2. The highest BCUT2D eigenvalue weighted by Gasteiger charge is 2.29. The third kappa shape index (κ3) is 3.88. The number of fused-ring (bicyclic) bond motifs is 2. The van der Waals surface area contributed by atoms with Crippen molar-refractivity contribution >= 4 is 39.1 Å². The molecule has 0 bridgehead atoms. The zero-order chi connectivity index (χ0) is 21.4. The van der Waals surface area contributed by atoms with Gasteiger partial charge in [-0.15, -0.1) is 11.3 Å². The molecule has 7 nitrogen and oxygen atoms in total. The second-order valence-corrected chi connectivity index (χ2v) is 8.94. The standard InChI is InChI=1S/C23H22N2O5S/c26-16-11-18(30-17-8-2-1-6-14(16)17)21(27)25-23-20(15-7-3-9-19(15)31-23)22(28)24-12-13-5-4-10-29-13/h1-2,6,8,11,13H,3-5,7,9-10,12H2,(H,24,28)(H,25,27)/t13-/m1/s1. The van der Waals surface area contributed by atoms with Crippen molar-refractivity contribution in [3.05, 3.63) is 62.3 Å². The van der Waals surface area contributed by atoms with Crippen molar-refractivity contribution < 1.29 is 18.7 Å². The monoisotopic (exact) mass is 438 g/mol. The molecule has 1 aromatic carbocycles. The second-order valence-electron chi connectivity index (χ2n) is 7.83. The maximum absolute atomic E-state index is 13.0. The Labute approximate surface area is 182 Å². The topological polar surface area (TPSA) is 97.6 Å². The number of amides is 2. The van der Waals surface area contributed by atoms with Crippen LogP contribution in [0.1, 0.15) is 50.6 Å². The molecule has 31 heavy (non-hydrogen) atoms. The average molecular weight is 439 g/mol. The molecule has 1 aliphatic carbocycles. The van der Waals surface area contributed by atoms with E-state index in [1.807, 2.05) is 0 Å². The van der Waals surface area contributed by atoms with Gasteiger partial charge in [0.15, 0.2) is 11.2 Å². The van der Waals surface area contributed by atoms with Crippen molar-refractivity contribution in [3.8, 4) is 0 Å². The first-order chi connectivity index (χ1) is 15.1. The summed E-state index contributed by atoms with van der Waals surface area (Å²) in [4.78, 5) is 39.4. The van der Waals surface area contributed by atoms with E-state index < -0.39 is 5.91 Å². The van der Waals surface area contributed by atoms with E-state index in [9.17, 15) is 14.4 Å². The number of ether oxygens (including phenoxy) is 1. The van der Waals surface area contributed by atoms with Crippen molar-refractivity contribution in [2.75, 3.05) is 18.5 Å². The number of anilines is 1. The second kappa shape index (κ2) is 8.28. The van der Waals surface area contributed by atoms with E-state index in [-0.39, 0.29) is 23.2 Å². The molecular weight excluding hydrogens is 416 g/mol. The maximum Gasteiger partial charge on any atom is 0.292 e. The quantitative estimate of drug-likeness (QED) is 0.635. The molecule has 3 heterocycles. The third-order valence-electron chi connectivity index (χ3n) is 5.75. The third-order valence-corrected chi connectivity index (χ3v) is 6.96. The number of thiophene rings is 1. The molecule has 1 atom stereocenters. The van der Waals surface area contributed by atoms with Crippen molar-refractivity contribution in [2.24, 2.45) is 0 Å². The summed E-state index contributed by atoms with van der Waals surface area (Å²) in [5.74, 6) is -0.830. The summed E-state index contributed by atoms with van der Waals surface area (Å²) in [6, 6.07) is 7.98. The number of nitrogens with one attached hydrogen (secondary N) is 2. The summed E-state index contributed by atoms with van der Waals surface area (Å²) in [7, 11) is 0. The Bertz CT molecular complexity index is 1220. The first-order valence-corrected chi connectivity index (χ1v) is 11.3. The summed E-state index contributed by atoms with van der Waals surface area (Å²) in [6.07, 6.45) is 4.70. The van der Waals surface area contributed by atoms with Gasteiger partial charge in [0.05, 0.1) is 17.1 Å². The fourth-order valence-corrected chi connectivity index (χ4v) is 5.50. The van der Waals surface area contributed by atoms with Gasteiger partial charge in [-0.1, -0.05) is 12.1 Å². The number of hydrogen-bond donors (Lipinski definition) is 2. The van der Waals surface area contributed by atoms with Crippen LogP contribution < -0.4 is 16.1 Å². The smallest absolute Gasteiger partial charge is 0.292 e. The number of benzene rings is 1. The summed E-state index contributed by atoms with van der Waals surface area (Å²) >= 11 is 1.42. The van der Waals surface area contributed by atoms with E-state index in [1.165, 1.54) is 17.4 Å². The van der Waals surface area contributed by atoms with Gasteiger partial charge >= 0.3 is 0 Å². The summed E-state index contributed by atoms with van der Waals surface area (Å²) in [5.41, 5.74) is 1.59. The van der Waals surface area contributed by atoms with Crippen LogP contribution in [0.15, 0.2) is 39.5 Å². The zero-order valence-electron chi connectivity index (χ0n) is 16.9. The zero-order valence-corrected chi connectivity index (χ0v) is 17.7. The van der Waals surface area contributed by atoms with Gasteiger partial charge in [-0.25, -0.2) is 0 Å². The predicted octanol–water partition coefficient (Wildman–Crippen LogP) is 3.50. The molecule has 5 rings (SSSR count). The van der Waals surface area contributed by atoms with E-state index in [0.717, 1.165) is 49.2 Å². The van der Waals surface area contributed by atoms with E-state index in [4.69, 9.17) is 9.15 Å². The van der Waals surface area contributed by atoms with Crippen LogP contribution in [0.4, 0.5) is 5.00 Å². The molecule has 2 aliphatic rings. The van der Waals surface area contributed by atoms with E-state index in [0.29, 0.717) is 28.1 Å². The number of para-hydroxylation sites is 1. The molecule has 0 unspecified atom stereocenters. The highest BCUT2D eigenvalue weighted by molar-refractivity contribution is 7.17. The van der Waals surface area contributed by atoms with Gasteiger partial charge in [0.1, 0.15) is 10.6 Å². The Kier molecular flexibility index (Phi) is 5.33. The van der Waals surface area contributed by atoms with Crippen LogP contribution >= 0.6 is 11.3 Å². The molecular formula is C23H22N2O5S. The van der Waals surface area contributed by atoms with Crippen LogP contribution in [0.5, 0.6) is 0 Å². The molecule has 8 heteroatoms. The van der Waals surface area contributed by atoms with Gasteiger partial charge in [0.25, 0.3) is 11.8 Å². The number of aryl methyl sites for hydroxylation is 1. The summed E-state index contributed by atoms with van der Waals surface area (Å²) in [6.45, 7) is 1.18. The lowest BCUT2D eigenvalue weighted by atomic mass is 10.1. The molecule has 0 saturated carbocycles. The average Bonchev–Trinajstić information content (AvgIpc) is 3.50. The van der Waals surface area contributed by atoms with Crippen LogP contribution in [0.2, 0.25) is 0 Å². The lowest BCUT2D eigenvalue weighted by molar-refractivity contribution is 0.0858. The minimum atomic E-state index is -0.545. The lowest BCUT2D eigenvalue weighted by Gasteiger charge is -2.12. The molecule has 3 aromatic rings. The summed E-state index contributed by atoms with van der Waals surface area (Å²) in [5, 5.41) is 6.69. The SMILES string of the molecule is O=C(Nc1sc2c(c1C(=O)NC[C@H]1CCCO1)CCC2)c1cc(=O)c2ccccc2o1. The first-order valence-electron chi connectivity index (χ1n) is 10.5. The molecule has 1 fully saturated rings. The molecule has 2 amide bonds. The van der Waals surface area contributed by atoms with Crippen LogP contribution in [0, 0.1) is 0 Å².